The van der Waals surface area contributed by atoms with E-state index < -0.39 is 4.92 Å². The van der Waals surface area contributed by atoms with Gasteiger partial charge in [-0.25, -0.2) is 0 Å². The van der Waals surface area contributed by atoms with E-state index >= 15 is 0 Å². The number of hydrogen-bond acceptors (Lipinski definition) is 3. The van der Waals surface area contributed by atoms with Crippen LogP contribution >= 0.6 is 0 Å². The molecule has 1 radical (unpaired) electrons. The number of para-hydroxylation sites is 1. The lowest BCUT2D eigenvalue weighted by Gasteiger charge is -2.04. The fourth-order valence-corrected chi connectivity index (χ4v) is 0.998. The molecule has 0 aliphatic rings. The molecule has 1 rings (SSSR count). The second-order valence-electron chi connectivity index (χ2n) is 2.84. The molecule has 0 fully saturated rings. The highest BCUT2D eigenvalue weighted by Crippen LogP contribution is 2.25. The average molecular weight is 194 g/mol. The molecule has 0 atom stereocenters. The van der Waals surface area contributed by atoms with Gasteiger partial charge in [0.1, 0.15) is 0 Å². The lowest BCUT2D eigenvalue weighted by Crippen LogP contribution is -1.99. The summed E-state index contributed by atoms with van der Waals surface area (Å²) in [6.45, 7) is 2.55. The van der Waals surface area contributed by atoms with Crippen LogP contribution in [-0.2, 0) is 0 Å². The number of nitrogens with zero attached hydrogens (tertiary/aromatic N) is 1. The molecule has 14 heavy (non-hydrogen) atoms. The molecule has 75 valence electrons. The standard InChI is InChI=1S/C10H12NO3/c1-2-3-8-14-10-7-5-4-6-9(10)11(12)13/h4-5,7H,2-3,8H2,1H3. The van der Waals surface area contributed by atoms with E-state index in [1.807, 2.05) is 6.92 Å². The quantitative estimate of drug-likeness (QED) is 0.411. The fraction of sp³-hybridized carbons (Fsp3) is 0.400. The first-order valence-electron chi connectivity index (χ1n) is 4.53. The number of nitro benzene ring substituents is 1. The van der Waals surface area contributed by atoms with Crippen molar-refractivity contribution < 1.29 is 9.66 Å². The van der Waals surface area contributed by atoms with Gasteiger partial charge >= 0.3 is 5.69 Å². The van der Waals surface area contributed by atoms with Gasteiger partial charge in [-0.1, -0.05) is 19.4 Å². The maximum Gasteiger partial charge on any atom is 0.318 e. The fourth-order valence-electron chi connectivity index (χ4n) is 0.998. The molecule has 1 aromatic carbocycles. The largest absolute Gasteiger partial charge is 0.487 e. The first-order chi connectivity index (χ1) is 6.75. The summed E-state index contributed by atoms with van der Waals surface area (Å²) in [7, 11) is 0. The lowest BCUT2D eigenvalue weighted by molar-refractivity contribution is -0.386. The summed E-state index contributed by atoms with van der Waals surface area (Å²) in [6, 6.07) is 7.31. The van der Waals surface area contributed by atoms with Crippen LogP contribution in [0.3, 0.4) is 0 Å². The zero-order chi connectivity index (χ0) is 10.4. The molecule has 4 heteroatoms. The minimum atomic E-state index is -0.485. The zero-order valence-corrected chi connectivity index (χ0v) is 8.03. The van der Waals surface area contributed by atoms with Crippen LogP contribution < -0.4 is 4.74 Å². The van der Waals surface area contributed by atoms with Crippen molar-refractivity contribution >= 4 is 5.69 Å². The highest BCUT2D eigenvalue weighted by molar-refractivity contribution is 5.44. The Morgan fingerprint density at radius 2 is 2.43 bits per heavy atom. The molecule has 0 heterocycles. The third-order valence-electron chi connectivity index (χ3n) is 1.74. The molecule has 0 bridgehead atoms. The minimum absolute atomic E-state index is 0.0939. The Morgan fingerprint density at radius 3 is 3.07 bits per heavy atom. The van der Waals surface area contributed by atoms with Crippen LogP contribution in [0.5, 0.6) is 5.75 Å². The molecule has 0 N–H and O–H groups in total. The Bertz CT molecular complexity index is 312. The number of ether oxygens (including phenoxy) is 1. The van der Waals surface area contributed by atoms with Crippen molar-refractivity contribution in [3.8, 4) is 5.75 Å². The van der Waals surface area contributed by atoms with Crippen LogP contribution in [0.15, 0.2) is 18.2 Å². The molecule has 0 aromatic heterocycles. The Hall–Kier alpha value is -1.58. The smallest absolute Gasteiger partial charge is 0.318 e. The number of rotatable bonds is 5. The van der Waals surface area contributed by atoms with Crippen molar-refractivity contribution in [2.24, 2.45) is 0 Å². The first-order valence-corrected chi connectivity index (χ1v) is 4.53. The molecular weight excluding hydrogens is 182 g/mol. The molecular formula is C10H12NO3. The van der Waals surface area contributed by atoms with E-state index in [9.17, 15) is 10.1 Å². The monoisotopic (exact) mass is 194 g/mol. The molecule has 1 aromatic rings. The highest BCUT2D eigenvalue weighted by Gasteiger charge is 2.13. The van der Waals surface area contributed by atoms with Crippen LogP contribution in [0.1, 0.15) is 19.8 Å². The van der Waals surface area contributed by atoms with Gasteiger partial charge in [0.15, 0.2) is 5.75 Å². The van der Waals surface area contributed by atoms with E-state index in [1.54, 1.807) is 12.1 Å². The Kier molecular flexibility index (Phi) is 3.91. The number of nitro groups is 1. The SMILES string of the molecule is CCCCOc1ccc[c]c1[N+](=O)[O-]. The second-order valence-corrected chi connectivity index (χ2v) is 2.84. The lowest BCUT2D eigenvalue weighted by atomic mass is 10.3. The summed E-state index contributed by atoms with van der Waals surface area (Å²) in [4.78, 5) is 10.1. The summed E-state index contributed by atoms with van der Waals surface area (Å²) in [5.74, 6) is 0.297. The molecule has 0 aliphatic heterocycles. The normalized spacial score (nSPS) is 9.79. The maximum absolute atomic E-state index is 10.5. The van der Waals surface area contributed by atoms with Crippen LogP contribution in [0.2, 0.25) is 0 Å². The summed E-state index contributed by atoms with van der Waals surface area (Å²) in [5, 5.41) is 10.5. The third kappa shape index (κ3) is 2.73. The van der Waals surface area contributed by atoms with Crippen LogP contribution in [0.4, 0.5) is 5.69 Å². The molecule has 0 aliphatic carbocycles. The Morgan fingerprint density at radius 1 is 1.64 bits per heavy atom. The van der Waals surface area contributed by atoms with Gasteiger partial charge in [0, 0.05) is 0 Å². The molecule has 0 amide bonds. The van der Waals surface area contributed by atoms with E-state index in [0.29, 0.717) is 12.4 Å². The molecule has 4 nitrogen and oxygen atoms in total. The van der Waals surface area contributed by atoms with Crippen molar-refractivity contribution in [1.82, 2.24) is 0 Å². The van der Waals surface area contributed by atoms with Crippen molar-refractivity contribution in [3.63, 3.8) is 0 Å². The first kappa shape index (κ1) is 10.5. The summed E-state index contributed by atoms with van der Waals surface area (Å²) in [5.41, 5.74) is -0.0939. The summed E-state index contributed by atoms with van der Waals surface area (Å²) in [6.07, 6.45) is 1.90. The molecule has 0 saturated carbocycles. The number of unbranched alkanes of at least 4 members (excludes halogenated alkanes) is 1. The third-order valence-corrected chi connectivity index (χ3v) is 1.74. The Balaban J connectivity index is 2.69. The van der Waals surface area contributed by atoms with E-state index in [1.165, 1.54) is 6.07 Å². The average Bonchev–Trinajstić information content (AvgIpc) is 2.19. The second kappa shape index (κ2) is 5.21. The van der Waals surface area contributed by atoms with E-state index in [-0.39, 0.29) is 5.69 Å². The van der Waals surface area contributed by atoms with E-state index in [4.69, 9.17) is 4.74 Å². The number of hydrogen-bond donors (Lipinski definition) is 0. The maximum atomic E-state index is 10.5. The zero-order valence-electron chi connectivity index (χ0n) is 8.03. The van der Waals surface area contributed by atoms with Crippen LogP contribution in [-0.4, -0.2) is 11.5 Å². The van der Waals surface area contributed by atoms with E-state index in [0.717, 1.165) is 12.8 Å². The molecule has 0 spiro atoms. The van der Waals surface area contributed by atoms with Gasteiger partial charge in [-0.2, -0.15) is 0 Å². The van der Waals surface area contributed by atoms with Gasteiger partial charge in [-0.05, 0) is 18.6 Å². The van der Waals surface area contributed by atoms with Crippen molar-refractivity contribution in [3.05, 3.63) is 34.4 Å². The van der Waals surface area contributed by atoms with Gasteiger partial charge in [0.05, 0.1) is 17.6 Å². The van der Waals surface area contributed by atoms with Crippen LogP contribution in [0.25, 0.3) is 0 Å². The van der Waals surface area contributed by atoms with Gasteiger partial charge in [0.25, 0.3) is 0 Å². The van der Waals surface area contributed by atoms with Crippen LogP contribution in [0, 0.1) is 16.2 Å². The minimum Gasteiger partial charge on any atom is -0.487 e. The number of benzene rings is 1. The highest BCUT2D eigenvalue weighted by atomic mass is 16.6. The van der Waals surface area contributed by atoms with Gasteiger partial charge in [-0.15, -0.1) is 0 Å². The van der Waals surface area contributed by atoms with Crippen molar-refractivity contribution in [2.45, 2.75) is 19.8 Å². The van der Waals surface area contributed by atoms with Crippen molar-refractivity contribution in [1.29, 1.82) is 0 Å². The van der Waals surface area contributed by atoms with Gasteiger partial charge < -0.3 is 4.74 Å². The van der Waals surface area contributed by atoms with Gasteiger partial charge in [0.2, 0.25) is 0 Å². The van der Waals surface area contributed by atoms with Crippen molar-refractivity contribution in [2.75, 3.05) is 6.61 Å². The summed E-state index contributed by atoms with van der Waals surface area (Å²) < 4.78 is 5.27. The van der Waals surface area contributed by atoms with Gasteiger partial charge in [-0.3, -0.25) is 10.1 Å². The topological polar surface area (TPSA) is 52.4 Å². The van der Waals surface area contributed by atoms with E-state index in [2.05, 4.69) is 6.07 Å². The predicted molar refractivity (Wildman–Crippen MR) is 52.3 cm³/mol. The Labute approximate surface area is 82.7 Å². The summed E-state index contributed by atoms with van der Waals surface area (Å²) >= 11 is 0. The predicted octanol–water partition coefficient (Wildman–Crippen LogP) is 2.57. The molecule has 0 unspecified atom stereocenters. The molecule has 0 saturated heterocycles.